The third-order valence-corrected chi connectivity index (χ3v) is 4.94. The number of para-hydroxylation sites is 1. The first-order valence-corrected chi connectivity index (χ1v) is 7.86. The minimum atomic E-state index is -3.81. The van der Waals surface area contributed by atoms with Crippen molar-refractivity contribution < 1.29 is 17.5 Å². The Kier molecular flexibility index (Phi) is 4.47. The Balaban J connectivity index is 2.47. The summed E-state index contributed by atoms with van der Waals surface area (Å²) in [4.78, 5) is -0.105. The summed E-state index contributed by atoms with van der Waals surface area (Å²) >= 11 is 0. The molecule has 2 rings (SSSR count). The lowest BCUT2D eigenvalue weighted by atomic mass is 10.3. The number of anilines is 1. The van der Waals surface area contributed by atoms with Crippen LogP contribution >= 0.6 is 0 Å². The highest BCUT2D eigenvalue weighted by atomic mass is 32.2. The van der Waals surface area contributed by atoms with E-state index in [9.17, 15) is 12.8 Å². The van der Waals surface area contributed by atoms with E-state index in [0.29, 0.717) is 5.69 Å². The molecule has 4 nitrogen and oxygen atoms in total. The number of sulfonamides is 1. The van der Waals surface area contributed by atoms with E-state index < -0.39 is 15.8 Å². The normalized spacial score (nSPS) is 11.2. The molecule has 0 saturated carbocycles. The van der Waals surface area contributed by atoms with Gasteiger partial charge in [0.1, 0.15) is 0 Å². The number of hydrogen-bond donors (Lipinski definition) is 0. The van der Waals surface area contributed by atoms with Gasteiger partial charge in [-0.25, -0.2) is 12.8 Å². The van der Waals surface area contributed by atoms with Gasteiger partial charge in [-0.2, -0.15) is 0 Å². The highest BCUT2D eigenvalue weighted by molar-refractivity contribution is 7.92. The number of nitrogens with zero attached hydrogens (tertiary/aromatic N) is 1. The molecule has 0 saturated heterocycles. The molecular formula is C15H16FNO3S. The molecule has 0 spiro atoms. The molecule has 6 heteroatoms. The first-order valence-electron chi connectivity index (χ1n) is 6.42. The quantitative estimate of drug-likeness (QED) is 0.853. The Morgan fingerprint density at radius 2 is 1.81 bits per heavy atom. The summed E-state index contributed by atoms with van der Waals surface area (Å²) in [6.45, 7) is 1.98. The SMILES string of the molecule is CCN(c1ccccc1)S(=O)(=O)c1ccc(OC)c(F)c1. The molecule has 2 aromatic carbocycles. The fourth-order valence-electron chi connectivity index (χ4n) is 2.02. The fourth-order valence-corrected chi connectivity index (χ4v) is 3.51. The lowest BCUT2D eigenvalue weighted by Gasteiger charge is -2.23. The molecule has 0 radical (unpaired) electrons. The number of benzene rings is 2. The van der Waals surface area contributed by atoms with Crippen LogP contribution in [-0.4, -0.2) is 22.1 Å². The van der Waals surface area contributed by atoms with Crippen LogP contribution in [0.15, 0.2) is 53.4 Å². The van der Waals surface area contributed by atoms with Crippen molar-refractivity contribution in [2.24, 2.45) is 0 Å². The standard InChI is InChI=1S/C15H16FNO3S/c1-3-17(12-7-5-4-6-8-12)21(18,19)13-9-10-15(20-2)14(16)11-13/h4-11H,3H2,1-2H3. The second kappa shape index (κ2) is 6.13. The van der Waals surface area contributed by atoms with Gasteiger partial charge in [0, 0.05) is 6.54 Å². The van der Waals surface area contributed by atoms with Crippen molar-refractivity contribution in [1.82, 2.24) is 0 Å². The highest BCUT2D eigenvalue weighted by Crippen LogP contribution is 2.26. The van der Waals surface area contributed by atoms with Crippen molar-refractivity contribution in [2.75, 3.05) is 18.0 Å². The smallest absolute Gasteiger partial charge is 0.264 e. The van der Waals surface area contributed by atoms with Crippen molar-refractivity contribution in [3.05, 3.63) is 54.3 Å². The van der Waals surface area contributed by atoms with Crippen molar-refractivity contribution >= 4 is 15.7 Å². The summed E-state index contributed by atoms with van der Waals surface area (Å²) in [7, 11) is -2.49. The lowest BCUT2D eigenvalue weighted by molar-refractivity contribution is 0.385. The Bertz CT molecular complexity index is 717. The van der Waals surface area contributed by atoms with Gasteiger partial charge in [0.25, 0.3) is 10.0 Å². The van der Waals surface area contributed by atoms with Gasteiger partial charge in [0.15, 0.2) is 11.6 Å². The molecule has 0 amide bonds. The zero-order chi connectivity index (χ0) is 15.5. The van der Waals surface area contributed by atoms with Crippen LogP contribution in [0.4, 0.5) is 10.1 Å². The van der Waals surface area contributed by atoms with Crippen LogP contribution in [0.2, 0.25) is 0 Å². The Morgan fingerprint density at radius 3 is 2.33 bits per heavy atom. The van der Waals surface area contributed by atoms with Gasteiger partial charge >= 0.3 is 0 Å². The minimum absolute atomic E-state index is 0.0108. The van der Waals surface area contributed by atoms with E-state index in [4.69, 9.17) is 4.74 Å². The van der Waals surface area contributed by atoms with Gasteiger partial charge in [0.2, 0.25) is 0 Å². The molecule has 0 aliphatic heterocycles. The summed E-state index contributed by atoms with van der Waals surface area (Å²) in [6, 6.07) is 12.3. The molecule has 21 heavy (non-hydrogen) atoms. The molecule has 0 aromatic heterocycles. The van der Waals surface area contributed by atoms with Gasteiger partial charge in [-0.3, -0.25) is 4.31 Å². The first-order chi connectivity index (χ1) is 10.0. The average Bonchev–Trinajstić information content (AvgIpc) is 2.48. The Labute approximate surface area is 123 Å². The topological polar surface area (TPSA) is 46.6 Å². The molecule has 0 fully saturated rings. The highest BCUT2D eigenvalue weighted by Gasteiger charge is 2.24. The number of ether oxygens (including phenoxy) is 1. The number of hydrogen-bond acceptors (Lipinski definition) is 3. The third-order valence-electron chi connectivity index (χ3n) is 3.04. The summed E-state index contributed by atoms with van der Waals surface area (Å²) in [5.74, 6) is -0.695. The lowest BCUT2D eigenvalue weighted by Crippen LogP contribution is -2.30. The van der Waals surface area contributed by atoms with E-state index in [1.165, 1.54) is 23.5 Å². The molecule has 0 bridgehead atoms. The Hall–Kier alpha value is -2.08. The van der Waals surface area contributed by atoms with Gasteiger partial charge in [-0.15, -0.1) is 0 Å². The van der Waals surface area contributed by atoms with Crippen LogP contribution in [-0.2, 0) is 10.0 Å². The Morgan fingerprint density at radius 1 is 1.14 bits per heavy atom. The molecule has 0 aliphatic rings. The van der Waals surface area contributed by atoms with Gasteiger partial charge in [0.05, 0.1) is 17.7 Å². The third kappa shape index (κ3) is 3.00. The van der Waals surface area contributed by atoms with Crippen LogP contribution < -0.4 is 9.04 Å². The summed E-state index contributed by atoms with van der Waals surface area (Å²) in [5, 5.41) is 0. The maximum atomic E-state index is 13.7. The molecule has 0 N–H and O–H groups in total. The molecule has 0 heterocycles. The van der Waals surface area contributed by atoms with Gasteiger partial charge in [-0.1, -0.05) is 18.2 Å². The maximum absolute atomic E-state index is 13.7. The van der Waals surface area contributed by atoms with E-state index in [2.05, 4.69) is 0 Å². The van der Waals surface area contributed by atoms with Crippen LogP contribution in [0.5, 0.6) is 5.75 Å². The number of methoxy groups -OCH3 is 1. The molecule has 0 atom stereocenters. The second-order valence-corrected chi connectivity index (χ2v) is 6.16. The van der Waals surface area contributed by atoms with Gasteiger partial charge < -0.3 is 4.74 Å². The van der Waals surface area contributed by atoms with Crippen LogP contribution in [0, 0.1) is 5.82 Å². The van der Waals surface area contributed by atoms with Crippen molar-refractivity contribution in [2.45, 2.75) is 11.8 Å². The van der Waals surface area contributed by atoms with Gasteiger partial charge in [-0.05, 0) is 37.3 Å². The van der Waals surface area contributed by atoms with E-state index in [1.54, 1.807) is 37.3 Å². The molecule has 0 aliphatic carbocycles. The van der Waals surface area contributed by atoms with E-state index in [1.807, 2.05) is 0 Å². The predicted molar refractivity (Wildman–Crippen MR) is 79.6 cm³/mol. The van der Waals surface area contributed by atoms with Crippen molar-refractivity contribution in [3.63, 3.8) is 0 Å². The van der Waals surface area contributed by atoms with E-state index >= 15 is 0 Å². The molecule has 2 aromatic rings. The largest absolute Gasteiger partial charge is 0.494 e. The molecule has 0 unspecified atom stereocenters. The second-order valence-electron chi connectivity index (χ2n) is 4.30. The molecular weight excluding hydrogens is 293 g/mol. The number of rotatable bonds is 5. The average molecular weight is 309 g/mol. The minimum Gasteiger partial charge on any atom is -0.494 e. The van der Waals surface area contributed by atoms with Crippen LogP contribution in [0.3, 0.4) is 0 Å². The van der Waals surface area contributed by atoms with Crippen LogP contribution in [0.25, 0.3) is 0 Å². The monoisotopic (exact) mass is 309 g/mol. The van der Waals surface area contributed by atoms with Crippen molar-refractivity contribution in [3.8, 4) is 5.75 Å². The maximum Gasteiger partial charge on any atom is 0.264 e. The number of halogens is 1. The first kappa shape index (κ1) is 15.3. The zero-order valence-electron chi connectivity index (χ0n) is 11.8. The predicted octanol–water partition coefficient (Wildman–Crippen LogP) is 3.05. The van der Waals surface area contributed by atoms with Crippen LogP contribution in [0.1, 0.15) is 6.92 Å². The summed E-state index contributed by atoms with van der Waals surface area (Å²) in [5.41, 5.74) is 0.538. The molecule has 112 valence electrons. The van der Waals surface area contributed by atoms with Crippen molar-refractivity contribution in [1.29, 1.82) is 0 Å². The van der Waals surface area contributed by atoms with E-state index in [0.717, 1.165) is 6.07 Å². The zero-order valence-corrected chi connectivity index (χ0v) is 12.6. The van der Waals surface area contributed by atoms with E-state index in [-0.39, 0.29) is 17.2 Å². The fraction of sp³-hybridized carbons (Fsp3) is 0.200. The summed E-state index contributed by atoms with van der Waals surface area (Å²) < 4.78 is 45.0. The summed E-state index contributed by atoms with van der Waals surface area (Å²) in [6.07, 6.45) is 0.